The van der Waals surface area contributed by atoms with Gasteiger partial charge in [-0.3, -0.25) is 9.78 Å². The number of carbonyl (C=O) groups excluding carboxylic acids is 1. The van der Waals surface area contributed by atoms with Crippen molar-refractivity contribution in [1.82, 2.24) is 20.0 Å². The first-order valence-corrected chi connectivity index (χ1v) is 8.57. The van der Waals surface area contributed by atoms with Crippen LogP contribution in [0.5, 0.6) is 5.75 Å². The molecule has 0 aliphatic carbocycles. The molecule has 1 aliphatic heterocycles. The molecule has 7 nitrogen and oxygen atoms in total. The molecule has 0 bridgehead atoms. The number of hydrogen-bond acceptors (Lipinski definition) is 5. The van der Waals surface area contributed by atoms with Crippen LogP contribution in [0.25, 0.3) is 5.69 Å². The number of hydrogen-bond donors (Lipinski definition) is 0. The van der Waals surface area contributed by atoms with Gasteiger partial charge < -0.3 is 9.64 Å². The summed E-state index contributed by atoms with van der Waals surface area (Å²) in [5, 5.41) is 7.76. The van der Waals surface area contributed by atoms with Gasteiger partial charge in [-0.2, -0.15) is 0 Å². The van der Waals surface area contributed by atoms with Crippen molar-refractivity contribution in [3.05, 3.63) is 60.2 Å². The van der Waals surface area contributed by atoms with E-state index in [1.807, 2.05) is 23.1 Å². The summed E-state index contributed by atoms with van der Waals surface area (Å²) < 4.78 is 7.09. The van der Waals surface area contributed by atoms with Crippen LogP contribution in [0.2, 0.25) is 0 Å². The first-order valence-electron chi connectivity index (χ1n) is 8.57. The maximum Gasteiger partial charge on any atom is 0.259 e. The quantitative estimate of drug-likeness (QED) is 0.727. The molecular formula is C19H19N5O2. The average molecular weight is 349 g/mol. The maximum atomic E-state index is 13.2. The predicted molar refractivity (Wildman–Crippen MR) is 96.8 cm³/mol. The molecule has 0 spiro atoms. The van der Waals surface area contributed by atoms with Crippen LogP contribution in [0.4, 0.5) is 5.69 Å². The minimum Gasteiger partial charge on any atom is -0.496 e. The molecule has 26 heavy (non-hydrogen) atoms. The Kier molecular flexibility index (Phi) is 4.35. The number of ether oxygens (including phenoxy) is 1. The van der Waals surface area contributed by atoms with E-state index in [0.29, 0.717) is 17.8 Å². The standard InChI is InChI=1S/C19H19N5O2/c1-26-18-7-4-6-17-16(18)5-2-3-9-23(17)19(25)14-11-15(13-20-12-14)24-10-8-21-22-24/h4,6-8,10-13H,2-3,5,9H2,1H3. The predicted octanol–water partition coefficient (Wildman–Crippen LogP) is 2.65. The third-order valence-corrected chi connectivity index (χ3v) is 4.58. The van der Waals surface area contributed by atoms with Gasteiger partial charge >= 0.3 is 0 Å². The summed E-state index contributed by atoms with van der Waals surface area (Å²) in [5.41, 5.74) is 3.22. The SMILES string of the molecule is COc1cccc2c1CCCCN2C(=O)c1cncc(-n2ccnn2)c1. The summed E-state index contributed by atoms with van der Waals surface area (Å²) in [6.45, 7) is 0.673. The minimum atomic E-state index is -0.0733. The van der Waals surface area contributed by atoms with Crippen LogP contribution >= 0.6 is 0 Å². The smallest absolute Gasteiger partial charge is 0.259 e. The molecule has 0 radical (unpaired) electrons. The summed E-state index contributed by atoms with van der Waals surface area (Å²) in [6.07, 6.45) is 9.43. The average Bonchev–Trinajstić information content (AvgIpc) is 3.14. The molecule has 2 aromatic heterocycles. The van der Waals surface area contributed by atoms with Gasteiger partial charge in [0.2, 0.25) is 0 Å². The molecule has 132 valence electrons. The van der Waals surface area contributed by atoms with Gasteiger partial charge in [0.1, 0.15) is 5.75 Å². The number of rotatable bonds is 3. The molecule has 0 unspecified atom stereocenters. The van der Waals surface area contributed by atoms with Gasteiger partial charge in [0.15, 0.2) is 0 Å². The van der Waals surface area contributed by atoms with E-state index >= 15 is 0 Å². The van der Waals surface area contributed by atoms with Crippen molar-refractivity contribution < 1.29 is 9.53 Å². The van der Waals surface area contributed by atoms with Crippen molar-refractivity contribution in [2.45, 2.75) is 19.3 Å². The van der Waals surface area contributed by atoms with Crippen molar-refractivity contribution in [3.8, 4) is 11.4 Å². The molecule has 0 saturated heterocycles. The van der Waals surface area contributed by atoms with Crippen LogP contribution in [-0.4, -0.2) is 39.5 Å². The van der Waals surface area contributed by atoms with E-state index in [-0.39, 0.29) is 5.91 Å². The molecule has 0 atom stereocenters. The number of pyridine rings is 1. The van der Waals surface area contributed by atoms with Crippen molar-refractivity contribution in [2.24, 2.45) is 0 Å². The fourth-order valence-electron chi connectivity index (χ4n) is 3.32. The van der Waals surface area contributed by atoms with Gasteiger partial charge in [-0.1, -0.05) is 11.3 Å². The Hall–Kier alpha value is -3.22. The molecule has 1 aromatic carbocycles. The zero-order valence-electron chi connectivity index (χ0n) is 14.5. The zero-order chi connectivity index (χ0) is 17.9. The van der Waals surface area contributed by atoms with E-state index in [1.165, 1.54) is 0 Å². The number of amides is 1. The summed E-state index contributed by atoms with van der Waals surface area (Å²) in [7, 11) is 1.66. The Morgan fingerprint density at radius 1 is 1.23 bits per heavy atom. The minimum absolute atomic E-state index is 0.0733. The van der Waals surface area contributed by atoms with Crippen molar-refractivity contribution >= 4 is 11.6 Å². The van der Waals surface area contributed by atoms with E-state index < -0.39 is 0 Å². The lowest BCUT2D eigenvalue weighted by molar-refractivity contribution is 0.0986. The third kappa shape index (κ3) is 2.92. The van der Waals surface area contributed by atoms with Crippen LogP contribution in [0.3, 0.4) is 0 Å². The molecule has 0 N–H and O–H groups in total. The molecular weight excluding hydrogens is 330 g/mol. The fourth-order valence-corrected chi connectivity index (χ4v) is 3.32. The molecule has 1 aliphatic rings. The molecule has 3 aromatic rings. The number of nitrogens with zero attached hydrogens (tertiary/aromatic N) is 5. The Bertz CT molecular complexity index is 923. The van der Waals surface area contributed by atoms with Crippen molar-refractivity contribution in [1.29, 1.82) is 0 Å². The summed E-state index contributed by atoms with van der Waals surface area (Å²) in [6, 6.07) is 7.64. The van der Waals surface area contributed by atoms with E-state index in [4.69, 9.17) is 4.74 Å². The Morgan fingerprint density at radius 2 is 2.15 bits per heavy atom. The number of methoxy groups -OCH3 is 1. The molecule has 4 rings (SSSR count). The maximum absolute atomic E-state index is 13.2. The number of benzene rings is 1. The first-order chi connectivity index (χ1) is 12.8. The Morgan fingerprint density at radius 3 is 2.96 bits per heavy atom. The number of anilines is 1. The van der Waals surface area contributed by atoms with E-state index in [2.05, 4.69) is 15.3 Å². The van der Waals surface area contributed by atoms with Gasteiger partial charge in [0.25, 0.3) is 5.91 Å². The summed E-state index contributed by atoms with van der Waals surface area (Å²) in [4.78, 5) is 19.3. The Balaban J connectivity index is 1.72. The van der Waals surface area contributed by atoms with Crippen molar-refractivity contribution in [3.63, 3.8) is 0 Å². The number of aromatic nitrogens is 4. The number of fused-ring (bicyclic) bond motifs is 1. The third-order valence-electron chi connectivity index (χ3n) is 4.58. The Labute approximate surface area is 151 Å². The summed E-state index contributed by atoms with van der Waals surface area (Å²) in [5.74, 6) is 0.757. The zero-order valence-corrected chi connectivity index (χ0v) is 14.5. The largest absolute Gasteiger partial charge is 0.496 e. The van der Waals surface area contributed by atoms with Gasteiger partial charge in [-0.05, 0) is 37.5 Å². The van der Waals surface area contributed by atoms with Crippen LogP contribution < -0.4 is 9.64 Å². The van der Waals surface area contributed by atoms with Gasteiger partial charge in [-0.15, -0.1) is 5.10 Å². The second-order valence-corrected chi connectivity index (χ2v) is 6.15. The topological polar surface area (TPSA) is 73.1 Å². The van der Waals surface area contributed by atoms with E-state index in [0.717, 1.165) is 36.3 Å². The molecule has 0 saturated carbocycles. The lowest BCUT2D eigenvalue weighted by atomic mass is 10.1. The molecule has 7 heteroatoms. The lowest BCUT2D eigenvalue weighted by Gasteiger charge is -2.24. The van der Waals surface area contributed by atoms with Crippen LogP contribution in [-0.2, 0) is 6.42 Å². The molecule has 3 heterocycles. The summed E-state index contributed by atoms with van der Waals surface area (Å²) >= 11 is 0. The highest BCUT2D eigenvalue weighted by atomic mass is 16.5. The van der Waals surface area contributed by atoms with E-state index in [1.54, 1.807) is 42.6 Å². The van der Waals surface area contributed by atoms with Crippen LogP contribution in [0.15, 0.2) is 49.1 Å². The van der Waals surface area contributed by atoms with Crippen LogP contribution in [0, 0.1) is 0 Å². The highest BCUT2D eigenvalue weighted by Gasteiger charge is 2.24. The van der Waals surface area contributed by atoms with E-state index in [9.17, 15) is 4.79 Å². The highest BCUT2D eigenvalue weighted by Crippen LogP contribution is 2.34. The lowest BCUT2D eigenvalue weighted by Crippen LogP contribution is -2.32. The first kappa shape index (κ1) is 16.3. The second kappa shape index (κ2) is 6.95. The van der Waals surface area contributed by atoms with Gasteiger partial charge in [-0.25, -0.2) is 4.68 Å². The molecule has 1 amide bonds. The van der Waals surface area contributed by atoms with Crippen molar-refractivity contribution in [2.75, 3.05) is 18.6 Å². The number of carbonyl (C=O) groups is 1. The molecule has 0 fully saturated rings. The van der Waals surface area contributed by atoms with Gasteiger partial charge in [0.05, 0.1) is 42.6 Å². The highest BCUT2D eigenvalue weighted by molar-refractivity contribution is 6.06. The van der Waals surface area contributed by atoms with Gasteiger partial charge in [0, 0.05) is 18.3 Å². The van der Waals surface area contributed by atoms with Crippen LogP contribution in [0.1, 0.15) is 28.8 Å². The fraction of sp³-hybridized carbons (Fsp3) is 0.263. The second-order valence-electron chi connectivity index (χ2n) is 6.15. The normalized spacial score (nSPS) is 13.8. The monoisotopic (exact) mass is 349 g/mol.